The minimum atomic E-state index is -0.280. The van der Waals surface area contributed by atoms with Crippen molar-refractivity contribution in [1.82, 2.24) is 0 Å². The van der Waals surface area contributed by atoms with Gasteiger partial charge in [0.1, 0.15) is 5.82 Å². The molecule has 104 valence electrons. The summed E-state index contributed by atoms with van der Waals surface area (Å²) in [5.74, 6) is -0.228. The molecule has 2 aromatic rings. The molecule has 20 heavy (non-hydrogen) atoms. The van der Waals surface area contributed by atoms with Crippen LogP contribution in [-0.4, -0.2) is 0 Å². The predicted molar refractivity (Wildman–Crippen MR) is 81.9 cm³/mol. The molecule has 0 spiro atoms. The van der Waals surface area contributed by atoms with Gasteiger partial charge in [0.15, 0.2) is 0 Å². The van der Waals surface area contributed by atoms with E-state index in [1.54, 1.807) is 12.1 Å². The van der Waals surface area contributed by atoms with E-state index in [1.807, 2.05) is 6.92 Å². The molecule has 0 saturated carbocycles. The van der Waals surface area contributed by atoms with Crippen molar-refractivity contribution in [2.45, 2.75) is 38.0 Å². The summed E-state index contributed by atoms with van der Waals surface area (Å²) in [5, 5.41) is -0.280. The standard InChI is InChI=1S/C18H18ClF/c1-12-6-9-16(20)11-17(12)18(19)15-8-7-13-4-2-3-5-14(13)10-15/h6-11,18H,2-5H2,1H3. The summed E-state index contributed by atoms with van der Waals surface area (Å²) >= 11 is 6.58. The first kappa shape index (κ1) is 13.6. The zero-order valence-electron chi connectivity index (χ0n) is 11.6. The Labute approximate surface area is 124 Å². The number of hydrogen-bond donors (Lipinski definition) is 0. The molecule has 0 amide bonds. The van der Waals surface area contributed by atoms with Gasteiger partial charge in [0.05, 0.1) is 5.38 Å². The van der Waals surface area contributed by atoms with Gasteiger partial charge in [-0.2, -0.15) is 0 Å². The van der Waals surface area contributed by atoms with Crippen molar-refractivity contribution in [3.05, 3.63) is 70.0 Å². The molecule has 0 radical (unpaired) electrons. The van der Waals surface area contributed by atoms with Gasteiger partial charge in [-0.25, -0.2) is 4.39 Å². The topological polar surface area (TPSA) is 0 Å². The highest BCUT2D eigenvalue weighted by Gasteiger charge is 2.17. The van der Waals surface area contributed by atoms with Crippen LogP contribution in [0.4, 0.5) is 4.39 Å². The van der Waals surface area contributed by atoms with Crippen LogP contribution in [-0.2, 0) is 12.8 Å². The number of halogens is 2. The average Bonchev–Trinajstić information content (AvgIpc) is 2.48. The van der Waals surface area contributed by atoms with Gasteiger partial charge in [0.2, 0.25) is 0 Å². The largest absolute Gasteiger partial charge is 0.207 e. The molecule has 1 aliphatic carbocycles. The monoisotopic (exact) mass is 288 g/mol. The van der Waals surface area contributed by atoms with Crippen LogP contribution in [0.1, 0.15) is 46.0 Å². The number of fused-ring (bicyclic) bond motifs is 1. The number of benzene rings is 2. The van der Waals surface area contributed by atoms with Gasteiger partial charge in [-0.15, -0.1) is 11.6 Å². The summed E-state index contributed by atoms with van der Waals surface area (Å²) in [5.41, 5.74) is 5.82. The highest BCUT2D eigenvalue weighted by atomic mass is 35.5. The van der Waals surface area contributed by atoms with Crippen LogP contribution in [0, 0.1) is 12.7 Å². The van der Waals surface area contributed by atoms with Crippen molar-refractivity contribution in [2.75, 3.05) is 0 Å². The smallest absolute Gasteiger partial charge is 0.123 e. The molecule has 0 aliphatic heterocycles. The summed E-state index contributed by atoms with van der Waals surface area (Å²) in [6, 6.07) is 11.3. The van der Waals surface area contributed by atoms with Crippen molar-refractivity contribution < 1.29 is 4.39 Å². The molecule has 0 fully saturated rings. The molecule has 1 unspecified atom stereocenters. The van der Waals surface area contributed by atoms with Crippen molar-refractivity contribution in [3.8, 4) is 0 Å². The fourth-order valence-corrected chi connectivity index (χ4v) is 3.35. The van der Waals surface area contributed by atoms with Crippen LogP contribution in [0.15, 0.2) is 36.4 Å². The molecule has 2 aromatic carbocycles. The Hall–Kier alpha value is -1.34. The first-order valence-corrected chi connectivity index (χ1v) is 7.60. The summed E-state index contributed by atoms with van der Waals surface area (Å²) in [4.78, 5) is 0. The predicted octanol–water partition coefficient (Wildman–Crippen LogP) is 5.34. The highest BCUT2D eigenvalue weighted by molar-refractivity contribution is 6.22. The lowest BCUT2D eigenvalue weighted by Crippen LogP contribution is -2.05. The number of hydrogen-bond acceptors (Lipinski definition) is 0. The molecule has 1 aliphatic rings. The fraction of sp³-hybridized carbons (Fsp3) is 0.333. The fourth-order valence-electron chi connectivity index (χ4n) is 2.97. The van der Waals surface area contributed by atoms with Crippen molar-refractivity contribution in [1.29, 1.82) is 0 Å². The molecular formula is C18H18ClF. The zero-order chi connectivity index (χ0) is 14.1. The van der Waals surface area contributed by atoms with Crippen LogP contribution in [0.2, 0.25) is 0 Å². The van der Waals surface area contributed by atoms with Crippen LogP contribution in [0.25, 0.3) is 0 Å². The van der Waals surface area contributed by atoms with Gasteiger partial charge in [-0.3, -0.25) is 0 Å². The Bertz CT molecular complexity index is 633. The minimum absolute atomic E-state index is 0.228. The lowest BCUT2D eigenvalue weighted by atomic mass is 9.89. The van der Waals surface area contributed by atoms with Crippen LogP contribution < -0.4 is 0 Å². The Morgan fingerprint density at radius 3 is 2.55 bits per heavy atom. The van der Waals surface area contributed by atoms with Gasteiger partial charge >= 0.3 is 0 Å². The van der Waals surface area contributed by atoms with Gasteiger partial charge in [0.25, 0.3) is 0 Å². The lowest BCUT2D eigenvalue weighted by molar-refractivity contribution is 0.625. The van der Waals surface area contributed by atoms with Gasteiger partial charge in [0, 0.05) is 0 Å². The normalized spacial score (nSPS) is 15.8. The Morgan fingerprint density at radius 2 is 1.75 bits per heavy atom. The SMILES string of the molecule is Cc1ccc(F)cc1C(Cl)c1ccc2c(c1)CCCC2. The van der Waals surface area contributed by atoms with E-state index in [1.165, 1.54) is 36.5 Å². The molecule has 2 heteroatoms. The number of alkyl halides is 1. The third-order valence-electron chi connectivity index (χ3n) is 4.18. The molecule has 0 heterocycles. The first-order valence-electron chi connectivity index (χ1n) is 7.17. The molecule has 1 atom stereocenters. The van der Waals surface area contributed by atoms with Gasteiger partial charge in [-0.05, 0) is 72.6 Å². The third kappa shape index (κ3) is 2.60. The van der Waals surface area contributed by atoms with E-state index < -0.39 is 0 Å². The molecule has 0 saturated heterocycles. The van der Waals surface area contributed by atoms with Crippen LogP contribution in [0.3, 0.4) is 0 Å². The molecule has 3 rings (SSSR count). The maximum atomic E-state index is 13.4. The second-order valence-corrected chi connectivity index (χ2v) is 6.04. The van der Waals surface area contributed by atoms with Crippen LogP contribution in [0.5, 0.6) is 0 Å². The molecular weight excluding hydrogens is 271 g/mol. The van der Waals surface area contributed by atoms with Gasteiger partial charge in [-0.1, -0.05) is 24.3 Å². The summed E-state index contributed by atoms with van der Waals surface area (Å²) < 4.78 is 13.4. The van der Waals surface area contributed by atoms with Gasteiger partial charge < -0.3 is 0 Å². The molecule has 0 N–H and O–H groups in total. The quantitative estimate of drug-likeness (QED) is 0.654. The van der Waals surface area contributed by atoms with Crippen molar-refractivity contribution in [3.63, 3.8) is 0 Å². The van der Waals surface area contributed by atoms with E-state index in [2.05, 4.69) is 18.2 Å². The average molecular weight is 289 g/mol. The van der Waals surface area contributed by atoms with Crippen LogP contribution >= 0.6 is 11.6 Å². The maximum Gasteiger partial charge on any atom is 0.123 e. The summed E-state index contributed by atoms with van der Waals surface area (Å²) in [6.07, 6.45) is 4.83. The van der Waals surface area contributed by atoms with E-state index in [4.69, 9.17) is 11.6 Å². The van der Waals surface area contributed by atoms with E-state index in [0.717, 1.165) is 23.1 Å². The second kappa shape index (κ2) is 5.57. The maximum absolute atomic E-state index is 13.4. The van der Waals surface area contributed by atoms with E-state index >= 15 is 0 Å². The minimum Gasteiger partial charge on any atom is -0.207 e. The first-order chi connectivity index (χ1) is 9.65. The second-order valence-electron chi connectivity index (χ2n) is 5.60. The van der Waals surface area contributed by atoms with E-state index in [0.29, 0.717) is 0 Å². The lowest BCUT2D eigenvalue weighted by Gasteiger charge is -2.19. The Kier molecular flexibility index (Phi) is 3.80. The van der Waals surface area contributed by atoms with Crippen molar-refractivity contribution in [2.24, 2.45) is 0 Å². The van der Waals surface area contributed by atoms with E-state index in [-0.39, 0.29) is 11.2 Å². The number of aryl methyl sites for hydroxylation is 3. The highest BCUT2D eigenvalue weighted by Crippen LogP contribution is 2.33. The molecule has 0 nitrogen and oxygen atoms in total. The zero-order valence-corrected chi connectivity index (χ0v) is 12.4. The molecule has 0 aromatic heterocycles. The van der Waals surface area contributed by atoms with Crippen molar-refractivity contribution >= 4 is 11.6 Å². The Morgan fingerprint density at radius 1 is 1.00 bits per heavy atom. The third-order valence-corrected chi connectivity index (χ3v) is 4.67. The van der Waals surface area contributed by atoms with E-state index in [9.17, 15) is 4.39 Å². The summed E-state index contributed by atoms with van der Waals surface area (Å²) in [7, 11) is 0. The molecule has 0 bridgehead atoms. The summed E-state index contributed by atoms with van der Waals surface area (Å²) in [6.45, 7) is 1.97. The Balaban J connectivity index is 1.97. The number of rotatable bonds is 2.